The molecule has 9 heteroatoms. The highest BCUT2D eigenvalue weighted by Crippen LogP contribution is 2.23. The molecule has 7 atom stereocenters. The van der Waals surface area contributed by atoms with Crippen molar-refractivity contribution in [1.82, 2.24) is 5.32 Å². The van der Waals surface area contributed by atoms with Crippen LogP contribution in [0.5, 0.6) is 0 Å². The number of hydrogen-bond donors (Lipinski definition) is 6. The molecule has 0 aromatic heterocycles. The summed E-state index contributed by atoms with van der Waals surface area (Å²) < 4.78 is 11.2. The van der Waals surface area contributed by atoms with Crippen LogP contribution in [-0.4, -0.2) is 87.5 Å². The Balaban J connectivity index is 2.07. The Kier molecular flexibility index (Phi) is 47.6. The molecule has 1 saturated heterocycles. The maximum Gasteiger partial charge on any atom is 0.220 e. The van der Waals surface area contributed by atoms with Gasteiger partial charge in [0.2, 0.25) is 5.91 Å². The summed E-state index contributed by atoms with van der Waals surface area (Å²) in [6.45, 7) is 3.65. The molecule has 71 heavy (non-hydrogen) atoms. The molecule has 0 bridgehead atoms. The van der Waals surface area contributed by atoms with Crippen molar-refractivity contribution in [1.29, 1.82) is 0 Å². The Morgan fingerprint density at radius 3 is 1.30 bits per heavy atom. The Bertz CT molecular complexity index is 1390. The molecule has 7 unspecified atom stereocenters. The van der Waals surface area contributed by atoms with Crippen molar-refractivity contribution in [2.75, 3.05) is 13.2 Å². The number of aliphatic hydroxyl groups is 5. The van der Waals surface area contributed by atoms with E-state index in [1.807, 2.05) is 6.08 Å². The number of rotatable bonds is 49. The van der Waals surface area contributed by atoms with E-state index in [-0.39, 0.29) is 12.5 Å². The zero-order valence-electron chi connectivity index (χ0n) is 45.5. The summed E-state index contributed by atoms with van der Waals surface area (Å²) in [7, 11) is 0. The van der Waals surface area contributed by atoms with E-state index in [0.29, 0.717) is 6.42 Å². The smallest absolute Gasteiger partial charge is 0.220 e. The SMILES string of the molecule is CC/C=C\C/C=C\C/C=C\C/C=C\C/C=C\C/C=C\CCCCCCCCCCCCCCCCCCCCC(=O)NC(COC1OC(CO)C(O)C(O)C1O)C(O)/C=C/CCCCCCCCCCC. The number of unbranched alkanes of at least 4 members (excludes halogenated alkanes) is 27. The quantitative estimate of drug-likeness (QED) is 0.0261. The van der Waals surface area contributed by atoms with Gasteiger partial charge in [0.05, 0.1) is 25.4 Å². The van der Waals surface area contributed by atoms with E-state index in [2.05, 4.69) is 92.1 Å². The summed E-state index contributed by atoms with van der Waals surface area (Å²) in [6, 6.07) is -0.805. The Morgan fingerprint density at radius 2 is 0.873 bits per heavy atom. The van der Waals surface area contributed by atoms with Crippen LogP contribution in [0.3, 0.4) is 0 Å². The molecule has 0 spiro atoms. The normalized spacial score (nSPS) is 19.9. The van der Waals surface area contributed by atoms with Crippen molar-refractivity contribution >= 4 is 5.91 Å². The van der Waals surface area contributed by atoms with Crippen molar-refractivity contribution in [3.63, 3.8) is 0 Å². The van der Waals surface area contributed by atoms with E-state index in [9.17, 15) is 30.3 Å². The van der Waals surface area contributed by atoms with Gasteiger partial charge in [0.15, 0.2) is 6.29 Å². The maximum absolute atomic E-state index is 13.0. The second-order valence-corrected chi connectivity index (χ2v) is 20.1. The number of ether oxygens (including phenoxy) is 2. The molecule has 0 aromatic carbocycles. The number of hydrogen-bond acceptors (Lipinski definition) is 8. The fraction of sp³-hybridized carbons (Fsp3) is 0.758. The lowest BCUT2D eigenvalue weighted by Crippen LogP contribution is -2.60. The first kappa shape index (κ1) is 66.4. The number of allylic oxidation sites excluding steroid dienone is 13. The molecule has 0 aromatic rings. The van der Waals surface area contributed by atoms with Crippen molar-refractivity contribution in [3.8, 4) is 0 Å². The van der Waals surface area contributed by atoms with E-state index >= 15 is 0 Å². The summed E-state index contributed by atoms with van der Waals surface area (Å²) >= 11 is 0. The van der Waals surface area contributed by atoms with Gasteiger partial charge in [0, 0.05) is 6.42 Å². The number of carbonyl (C=O) groups is 1. The topological polar surface area (TPSA) is 149 Å². The summed E-state index contributed by atoms with van der Waals surface area (Å²) in [6.07, 6.45) is 65.3. The standard InChI is InChI=1S/C62H109NO8/c1-3-5-7-9-11-13-15-16-17-18-19-20-21-22-23-24-25-26-27-28-29-30-31-32-33-34-35-36-37-38-39-40-42-44-46-48-50-52-58(66)63-55(54-70-62-61(69)60(68)59(67)57(53-64)71-62)56(65)51-49-47-45-43-41-14-12-10-8-6-4-2/h5,7,11,13,16-17,19-20,22-23,25-26,49,51,55-57,59-62,64-65,67-69H,3-4,6,8-10,12,14-15,18,21,24,27-48,50,52-54H2,1-2H3,(H,63,66)/b7-5-,13-11-,17-16-,20-19-,23-22-,26-25-,51-49+. The average Bonchev–Trinajstić information content (AvgIpc) is 3.37. The fourth-order valence-electron chi connectivity index (χ4n) is 8.87. The molecule has 1 rings (SSSR count). The molecule has 0 radical (unpaired) electrons. The fourth-order valence-corrected chi connectivity index (χ4v) is 8.87. The summed E-state index contributed by atoms with van der Waals surface area (Å²) in [4.78, 5) is 13.0. The number of nitrogens with one attached hydrogen (secondary N) is 1. The first-order valence-electron chi connectivity index (χ1n) is 29.3. The lowest BCUT2D eigenvalue weighted by molar-refractivity contribution is -0.302. The molecule has 0 aliphatic carbocycles. The predicted molar refractivity (Wildman–Crippen MR) is 299 cm³/mol. The molecular weight excluding hydrogens is 887 g/mol. The van der Waals surface area contributed by atoms with Crippen LogP contribution in [0, 0.1) is 0 Å². The molecule has 9 nitrogen and oxygen atoms in total. The first-order valence-corrected chi connectivity index (χ1v) is 29.3. The Morgan fingerprint density at radius 1 is 0.493 bits per heavy atom. The van der Waals surface area contributed by atoms with Gasteiger partial charge in [0.1, 0.15) is 24.4 Å². The van der Waals surface area contributed by atoms with E-state index in [0.717, 1.165) is 77.0 Å². The summed E-state index contributed by atoms with van der Waals surface area (Å²) in [5.74, 6) is -0.179. The van der Waals surface area contributed by atoms with Crippen LogP contribution in [0.2, 0.25) is 0 Å². The third-order valence-electron chi connectivity index (χ3n) is 13.5. The van der Waals surface area contributed by atoms with Crippen molar-refractivity contribution in [2.24, 2.45) is 0 Å². The van der Waals surface area contributed by atoms with Crippen LogP contribution in [-0.2, 0) is 14.3 Å². The van der Waals surface area contributed by atoms with E-state index < -0.39 is 49.5 Å². The van der Waals surface area contributed by atoms with Crippen molar-refractivity contribution in [3.05, 3.63) is 85.1 Å². The highest BCUT2D eigenvalue weighted by atomic mass is 16.7. The van der Waals surface area contributed by atoms with Crippen LogP contribution >= 0.6 is 0 Å². The van der Waals surface area contributed by atoms with Crippen LogP contribution in [0.15, 0.2) is 85.1 Å². The predicted octanol–water partition coefficient (Wildman–Crippen LogP) is 14.6. The van der Waals surface area contributed by atoms with Gasteiger partial charge >= 0.3 is 0 Å². The van der Waals surface area contributed by atoms with Gasteiger partial charge in [-0.3, -0.25) is 4.79 Å². The lowest BCUT2D eigenvalue weighted by Gasteiger charge is -2.40. The van der Waals surface area contributed by atoms with Gasteiger partial charge in [-0.2, -0.15) is 0 Å². The Labute approximate surface area is 435 Å². The minimum Gasteiger partial charge on any atom is -0.394 e. The number of carbonyl (C=O) groups excluding carboxylic acids is 1. The minimum absolute atomic E-state index is 0.179. The van der Waals surface area contributed by atoms with Crippen LogP contribution < -0.4 is 5.32 Å². The average molecular weight is 997 g/mol. The molecule has 1 heterocycles. The van der Waals surface area contributed by atoms with Crippen LogP contribution in [0.4, 0.5) is 0 Å². The monoisotopic (exact) mass is 996 g/mol. The van der Waals surface area contributed by atoms with E-state index in [1.54, 1.807) is 6.08 Å². The van der Waals surface area contributed by atoms with Gasteiger partial charge in [-0.25, -0.2) is 0 Å². The molecule has 6 N–H and O–H groups in total. The van der Waals surface area contributed by atoms with Gasteiger partial charge in [-0.1, -0.05) is 253 Å². The minimum atomic E-state index is -1.57. The first-order chi connectivity index (χ1) is 34.8. The maximum atomic E-state index is 13.0. The summed E-state index contributed by atoms with van der Waals surface area (Å²) in [5.41, 5.74) is 0. The molecule has 1 amide bonds. The number of aliphatic hydroxyl groups excluding tert-OH is 5. The Hall–Kier alpha value is -2.63. The highest BCUT2D eigenvalue weighted by Gasteiger charge is 2.44. The molecule has 410 valence electrons. The van der Waals surface area contributed by atoms with Crippen LogP contribution in [0.25, 0.3) is 0 Å². The van der Waals surface area contributed by atoms with Gasteiger partial charge in [-0.05, 0) is 70.6 Å². The lowest BCUT2D eigenvalue weighted by atomic mass is 9.99. The van der Waals surface area contributed by atoms with Gasteiger partial charge < -0.3 is 40.3 Å². The number of amides is 1. The molecular formula is C62H109NO8. The second kappa shape index (κ2) is 50.9. The van der Waals surface area contributed by atoms with Crippen molar-refractivity contribution in [2.45, 2.75) is 288 Å². The van der Waals surface area contributed by atoms with Crippen LogP contribution in [0.1, 0.15) is 245 Å². The third kappa shape index (κ3) is 40.4. The molecule has 1 aliphatic heterocycles. The summed E-state index contributed by atoms with van der Waals surface area (Å²) in [5, 5.41) is 54.3. The highest BCUT2D eigenvalue weighted by molar-refractivity contribution is 5.76. The van der Waals surface area contributed by atoms with E-state index in [1.165, 1.54) is 148 Å². The zero-order chi connectivity index (χ0) is 51.5. The van der Waals surface area contributed by atoms with Gasteiger partial charge in [0.25, 0.3) is 0 Å². The third-order valence-corrected chi connectivity index (χ3v) is 13.5. The van der Waals surface area contributed by atoms with E-state index in [4.69, 9.17) is 9.47 Å². The zero-order valence-corrected chi connectivity index (χ0v) is 45.5. The molecule has 1 fully saturated rings. The second-order valence-electron chi connectivity index (χ2n) is 20.1. The van der Waals surface area contributed by atoms with Crippen molar-refractivity contribution < 1.29 is 39.8 Å². The molecule has 0 saturated carbocycles. The largest absolute Gasteiger partial charge is 0.394 e. The molecule has 1 aliphatic rings. The van der Waals surface area contributed by atoms with Gasteiger partial charge in [-0.15, -0.1) is 0 Å².